The molecule has 0 aliphatic carbocycles. The van der Waals surface area contributed by atoms with Gasteiger partial charge in [-0.2, -0.15) is 5.10 Å². The number of carbonyl (C=O) groups excluding carboxylic acids is 2. The van der Waals surface area contributed by atoms with Gasteiger partial charge in [-0.1, -0.05) is 18.2 Å². The molecule has 0 unspecified atom stereocenters. The molecule has 0 saturated carbocycles. The van der Waals surface area contributed by atoms with Gasteiger partial charge < -0.3 is 15.1 Å². The number of hydrogen-bond acceptors (Lipinski definition) is 6. The first-order valence-electron chi connectivity index (χ1n) is 10.4. The lowest BCUT2D eigenvalue weighted by Gasteiger charge is -2.06. The number of rotatable bonds is 9. The Labute approximate surface area is 194 Å². The van der Waals surface area contributed by atoms with E-state index in [2.05, 4.69) is 15.7 Å². The van der Waals surface area contributed by atoms with Crippen molar-refractivity contribution in [3.63, 3.8) is 0 Å². The lowest BCUT2D eigenvalue weighted by Crippen LogP contribution is -2.37. The number of amides is 2. The summed E-state index contributed by atoms with van der Waals surface area (Å²) in [6.07, 6.45) is 3.23. The molecular formula is C24H21N5O5. The van der Waals surface area contributed by atoms with Gasteiger partial charge in [0.1, 0.15) is 5.76 Å². The monoisotopic (exact) mass is 459 g/mol. The van der Waals surface area contributed by atoms with E-state index in [0.29, 0.717) is 22.6 Å². The first-order valence-corrected chi connectivity index (χ1v) is 10.4. The summed E-state index contributed by atoms with van der Waals surface area (Å²) in [4.78, 5) is 35.1. The van der Waals surface area contributed by atoms with Crippen molar-refractivity contribution >= 4 is 17.5 Å². The molecule has 2 heterocycles. The van der Waals surface area contributed by atoms with E-state index in [4.69, 9.17) is 4.42 Å². The first-order chi connectivity index (χ1) is 16.5. The number of para-hydroxylation sites is 1. The molecule has 0 aliphatic rings. The van der Waals surface area contributed by atoms with E-state index in [1.807, 2.05) is 30.3 Å². The zero-order valence-corrected chi connectivity index (χ0v) is 18.0. The molecule has 0 aliphatic heterocycles. The van der Waals surface area contributed by atoms with Crippen LogP contribution in [0.15, 0.2) is 83.6 Å². The molecule has 10 nitrogen and oxygen atoms in total. The number of nitrogens with zero attached hydrogens (tertiary/aromatic N) is 3. The fourth-order valence-corrected chi connectivity index (χ4v) is 3.31. The number of carbonyl (C=O) groups is 2. The summed E-state index contributed by atoms with van der Waals surface area (Å²) in [5, 5.41) is 20.9. The minimum atomic E-state index is -0.475. The fraction of sp³-hybridized carbons (Fsp3) is 0.125. The molecule has 0 saturated heterocycles. The predicted molar refractivity (Wildman–Crippen MR) is 123 cm³/mol. The highest BCUT2D eigenvalue weighted by Gasteiger charge is 2.17. The largest absolute Gasteiger partial charge is 0.467 e. The molecule has 0 radical (unpaired) electrons. The van der Waals surface area contributed by atoms with Crippen molar-refractivity contribution in [2.24, 2.45) is 0 Å². The minimum Gasteiger partial charge on any atom is -0.467 e. The van der Waals surface area contributed by atoms with Crippen molar-refractivity contribution < 1.29 is 18.9 Å². The van der Waals surface area contributed by atoms with Gasteiger partial charge in [-0.05, 0) is 36.4 Å². The average molecular weight is 459 g/mol. The van der Waals surface area contributed by atoms with Crippen LogP contribution < -0.4 is 10.6 Å². The van der Waals surface area contributed by atoms with Gasteiger partial charge in [-0.25, -0.2) is 4.68 Å². The van der Waals surface area contributed by atoms with Crippen LogP contribution in [-0.2, 0) is 22.6 Å². The Morgan fingerprint density at radius 3 is 2.41 bits per heavy atom. The molecule has 0 spiro atoms. The molecule has 4 aromatic rings. The van der Waals surface area contributed by atoms with Gasteiger partial charge in [-0.3, -0.25) is 19.7 Å². The molecule has 2 aromatic heterocycles. The zero-order valence-electron chi connectivity index (χ0n) is 18.0. The van der Waals surface area contributed by atoms with Gasteiger partial charge in [0.05, 0.1) is 42.1 Å². The molecular weight excluding hydrogens is 438 g/mol. The van der Waals surface area contributed by atoms with E-state index in [1.165, 1.54) is 18.4 Å². The molecule has 4 rings (SSSR count). The number of nitro groups is 1. The Morgan fingerprint density at radius 2 is 1.74 bits per heavy atom. The molecule has 0 fully saturated rings. The number of furan rings is 1. The van der Waals surface area contributed by atoms with Crippen LogP contribution in [0.25, 0.3) is 16.9 Å². The third-order valence-electron chi connectivity index (χ3n) is 5.00. The Kier molecular flexibility index (Phi) is 6.78. The average Bonchev–Trinajstić information content (AvgIpc) is 3.52. The van der Waals surface area contributed by atoms with Gasteiger partial charge in [0.25, 0.3) is 5.69 Å². The van der Waals surface area contributed by atoms with Gasteiger partial charge in [0.15, 0.2) is 0 Å². The van der Waals surface area contributed by atoms with Crippen molar-refractivity contribution in [1.82, 2.24) is 20.4 Å². The molecule has 34 heavy (non-hydrogen) atoms. The molecule has 2 N–H and O–H groups in total. The lowest BCUT2D eigenvalue weighted by atomic mass is 10.1. The third kappa shape index (κ3) is 5.54. The highest BCUT2D eigenvalue weighted by molar-refractivity contribution is 5.86. The predicted octanol–water partition coefficient (Wildman–Crippen LogP) is 3.02. The Bertz CT molecular complexity index is 1280. The maximum atomic E-state index is 12.6. The summed E-state index contributed by atoms with van der Waals surface area (Å²) >= 11 is 0. The molecule has 0 atom stereocenters. The highest BCUT2D eigenvalue weighted by Crippen LogP contribution is 2.26. The standard InChI is InChI=1S/C24H21N5O5/c30-22(26-15-23(31)25-14-21-7-4-12-34-21)13-18-16-28(19-5-2-1-3-6-19)27-24(18)17-8-10-20(11-9-17)29(32)33/h1-12,16H,13-15H2,(H,25,31)(H,26,30). The Hall–Kier alpha value is -4.73. The van der Waals surface area contributed by atoms with Gasteiger partial charge in [0, 0.05) is 29.5 Å². The maximum Gasteiger partial charge on any atom is 0.269 e. The summed E-state index contributed by atoms with van der Waals surface area (Å²) in [6, 6.07) is 18.8. The molecule has 10 heteroatoms. The summed E-state index contributed by atoms with van der Waals surface area (Å²) in [6.45, 7) is 0.0507. The van der Waals surface area contributed by atoms with E-state index in [1.54, 1.807) is 35.1 Å². The number of hydrogen-bond donors (Lipinski definition) is 2. The van der Waals surface area contributed by atoms with Crippen LogP contribution in [0.4, 0.5) is 5.69 Å². The van der Waals surface area contributed by atoms with E-state index in [0.717, 1.165) is 5.69 Å². The second kappa shape index (κ2) is 10.3. The van der Waals surface area contributed by atoms with Crippen LogP contribution >= 0.6 is 0 Å². The van der Waals surface area contributed by atoms with E-state index in [9.17, 15) is 19.7 Å². The normalized spacial score (nSPS) is 10.6. The smallest absolute Gasteiger partial charge is 0.269 e. The topological polar surface area (TPSA) is 132 Å². The second-order valence-electron chi connectivity index (χ2n) is 7.40. The molecule has 0 bridgehead atoms. The van der Waals surface area contributed by atoms with Crippen molar-refractivity contribution in [1.29, 1.82) is 0 Å². The Morgan fingerprint density at radius 1 is 0.971 bits per heavy atom. The number of non-ortho nitro benzene ring substituents is 1. The minimum absolute atomic E-state index is 0.0232. The van der Waals surface area contributed by atoms with Gasteiger partial charge >= 0.3 is 0 Å². The van der Waals surface area contributed by atoms with Crippen LogP contribution in [-0.4, -0.2) is 33.1 Å². The molecule has 2 amide bonds. The summed E-state index contributed by atoms with van der Waals surface area (Å²) in [5.41, 5.74) is 2.54. The quantitative estimate of drug-likeness (QED) is 0.292. The number of nitrogens with one attached hydrogen (secondary N) is 2. The van der Waals surface area contributed by atoms with Gasteiger partial charge in [-0.15, -0.1) is 0 Å². The number of nitro benzene ring substituents is 1. The van der Waals surface area contributed by atoms with Crippen molar-refractivity contribution in [2.45, 2.75) is 13.0 Å². The van der Waals surface area contributed by atoms with Crippen molar-refractivity contribution in [2.75, 3.05) is 6.54 Å². The molecule has 2 aromatic carbocycles. The van der Waals surface area contributed by atoms with Crippen LogP contribution in [0, 0.1) is 10.1 Å². The lowest BCUT2D eigenvalue weighted by molar-refractivity contribution is -0.384. The van der Waals surface area contributed by atoms with Crippen LogP contribution in [0.1, 0.15) is 11.3 Å². The first kappa shape index (κ1) is 22.5. The Balaban J connectivity index is 1.48. The van der Waals surface area contributed by atoms with E-state index < -0.39 is 4.92 Å². The van der Waals surface area contributed by atoms with Crippen molar-refractivity contribution in [3.05, 3.63) is 101 Å². The molecule has 172 valence electrons. The SMILES string of the molecule is O=C(CNC(=O)Cc1cn(-c2ccccc2)nc1-c1ccc([N+](=O)[O-])cc1)NCc1ccco1. The summed E-state index contributed by atoms with van der Waals surface area (Å²) in [5.74, 6) is -0.0926. The van der Waals surface area contributed by atoms with E-state index >= 15 is 0 Å². The van der Waals surface area contributed by atoms with Crippen LogP contribution in [0.3, 0.4) is 0 Å². The van der Waals surface area contributed by atoms with Crippen LogP contribution in [0.2, 0.25) is 0 Å². The van der Waals surface area contributed by atoms with Crippen LogP contribution in [0.5, 0.6) is 0 Å². The number of benzene rings is 2. The highest BCUT2D eigenvalue weighted by atomic mass is 16.6. The third-order valence-corrected chi connectivity index (χ3v) is 5.00. The maximum absolute atomic E-state index is 12.6. The fourth-order valence-electron chi connectivity index (χ4n) is 3.31. The van der Waals surface area contributed by atoms with Crippen molar-refractivity contribution in [3.8, 4) is 16.9 Å². The zero-order chi connectivity index (χ0) is 23.9. The summed E-state index contributed by atoms with van der Waals surface area (Å²) < 4.78 is 6.80. The second-order valence-corrected chi connectivity index (χ2v) is 7.40. The van der Waals surface area contributed by atoms with E-state index in [-0.39, 0.29) is 37.0 Å². The summed E-state index contributed by atoms with van der Waals surface area (Å²) in [7, 11) is 0. The number of aromatic nitrogens is 2. The van der Waals surface area contributed by atoms with Gasteiger partial charge in [0.2, 0.25) is 11.8 Å².